The van der Waals surface area contributed by atoms with Gasteiger partial charge in [0.25, 0.3) is 5.91 Å². The molecule has 2 aromatic carbocycles. The van der Waals surface area contributed by atoms with Gasteiger partial charge in [-0.2, -0.15) is 0 Å². The van der Waals surface area contributed by atoms with Crippen LogP contribution >= 0.6 is 11.3 Å². The first-order valence-electron chi connectivity index (χ1n) is 13.8. The first-order valence-corrected chi connectivity index (χ1v) is 14.7. The van der Waals surface area contributed by atoms with E-state index in [9.17, 15) is 9.59 Å². The lowest BCUT2D eigenvalue weighted by Gasteiger charge is -2.42. The summed E-state index contributed by atoms with van der Waals surface area (Å²) in [6.07, 6.45) is 0.958. The second kappa shape index (κ2) is 11.1. The summed E-state index contributed by atoms with van der Waals surface area (Å²) in [7, 11) is 1.68. The summed E-state index contributed by atoms with van der Waals surface area (Å²) in [6, 6.07) is 18.4. The molecule has 0 aliphatic carbocycles. The van der Waals surface area contributed by atoms with E-state index in [1.54, 1.807) is 18.4 Å². The molecule has 0 N–H and O–H groups in total. The molecule has 3 heterocycles. The first kappa shape index (κ1) is 27.4. The van der Waals surface area contributed by atoms with E-state index in [1.807, 2.05) is 41.0 Å². The van der Waals surface area contributed by atoms with Crippen molar-refractivity contribution in [2.45, 2.75) is 51.6 Å². The van der Waals surface area contributed by atoms with E-state index < -0.39 is 0 Å². The minimum atomic E-state index is -0.0419. The average Bonchev–Trinajstić information content (AvgIpc) is 3.41. The van der Waals surface area contributed by atoms with E-state index in [4.69, 9.17) is 4.74 Å². The molecule has 2 atom stereocenters. The largest absolute Gasteiger partial charge is 0.497 e. The maximum Gasteiger partial charge on any atom is 0.254 e. The monoisotopic (exact) mass is 545 g/mol. The summed E-state index contributed by atoms with van der Waals surface area (Å²) in [5.74, 6) is 0.991. The lowest BCUT2D eigenvalue weighted by Crippen LogP contribution is -2.57. The predicted molar refractivity (Wildman–Crippen MR) is 157 cm³/mol. The molecule has 1 aromatic heterocycles. The van der Waals surface area contributed by atoms with Crippen molar-refractivity contribution in [1.29, 1.82) is 0 Å². The number of piperazine rings is 1. The molecule has 206 valence electrons. The van der Waals surface area contributed by atoms with Crippen LogP contribution in [-0.4, -0.2) is 72.4 Å². The number of rotatable bonds is 5. The molecule has 1 saturated heterocycles. The molecule has 0 saturated carbocycles. The Morgan fingerprint density at radius 3 is 2.33 bits per heavy atom. The van der Waals surface area contributed by atoms with Crippen LogP contribution in [0.15, 0.2) is 60.0 Å². The average molecular weight is 546 g/mol. The molecular formula is C32H39N3O3S. The number of ether oxygens (including phenoxy) is 1. The van der Waals surface area contributed by atoms with Gasteiger partial charge in [0, 0.05) is 42.7 Å². The van der Waals surface area contributed by atoms with Crippen molar-refractivity contribution in [3.63, 3.8) is 0 Å². The predicted octanol–water partition coefficient (Wildman–Crippen LogP) is 5.37. The summed E-state index contributed by atoms with van der Waals surface area (Å²) >= 11 is 1.80. The van der Waals surface area contributed by atoms with Crippen molar-refractivity contribution in [2.24, 2.45) is 0 Å². The summed E-state index contributed by atoms with van der Waals surface area (Å²) in [4.78, 5) is 34.4. The zero-order valence-corrected chi connectivity index (χ0v) is 24.5. The molecule has 5 rings (SSSR count). The third kappa shape index (κ3) is 5.75. The first-order chi connectivity index (χ1) is 18.7. The molecular weight excluding hydrogens is 506 g/mol. The molecule has 2 amide bonds. The number of benzene rings is 2. The Balaban J connectivity index is 1.25. The molecule has 0 bridgehead atoms. The van der Waals surface area contributed by atoms with Gasteiger partial charge in [-0.1, -0.05) is 45.0 Å². The Morgan fingerprint density at radius 2 is 1.69 bits per heavy atom. The molecule has 39 heavy (non-hydrogen) atoms. The minimum Gasteiger partial charge on any atom is -0.497 e. The van der Waals surface area contributed by atoms with E-state index in [-0.39, 0.29) is 29.3 Å². The van der Waals surface area contributed by atoms with Crippen LogP contribution in [0.5, 0.6) is 5.75 Å². The van der Waals surface area contributed by atoms with Crippen molar-refractivity contribution in [3.8, 4) is 5.75 Å². The topological polar surface area (TPSA) is 53.1 Å². The quantitative estimate of drug-likeness (QED) is 0.432. The van der Waals surface area contributed by atoms with Gasteiger partial charge in [-0.15, -0.1) is 11.3 Å². The fraction of sp³-hybridized carbons (Fsp3) is 0.438. The number of hydrogen-bond donors (Lipinski definition) is 0. The summed E-state index contributed by atoms with van der Waals surface area (Å²) in [5, 5.41) is 2.15. The number of carbonyl (C=O) groups is 2. The molecule has 2 unspecified atom stereocenters. The summed E-state index contributed by atoms with van der Waals surface area (Å²) < 4.78 is 5.36. The Morgan fingerprint density at radius 1 is 0.974 bits per heavy atom. The Hall–Kier alpha value is -3.16. The van der Waals surface area contributed by atoms with Crippen LogP contribution in [0.25, 0.3) is 0 Å². The SMILES string of the molecule is COc1ccc(C2c3ccsc3CCN2CC(=O)N2CCN(C(=O)c3ccc(C(C)(C)C)cc3)C(C)C2)cc1. The van der Waals surface area contributed by atoms with E-state index >= 15 is 0 Å². The molecule has 1 fully saturated rings. The van der Waals surface area contributed by atoms with Crippen molar-refractivity contribution >= 4 is 23.2 Å². The Bertz CT molecular complexity index is 1310. The lowest BCUT2D eigenvalue weighted by molar-refractivity contribution is -0.135. The van der Waals surface area contributed by atoms with Gasteiger partial charge in [0.2, 0.25) is 5.91 Å². The fourth-order valence-electron chi connectivity index (χ4n) is 5.75. The van der Waals surface area contributed by atoms with Crippen molar-refractivity contribution in [1.82, 2.24) is 14.7 Å². The molecule has 0 spiro atoms. The maximum absolute atomic E-state index is 13.6. The van der Waals surface area contributed by atoms with E-state index in [1.165, 1.54) is 21.6 Å². The molecule has 6 nitrogen and oxygen atoms in total. The third-order valence-electron chi connectivity index (χ3n) is 8.07. The van der Waals surface area contributed by atoms with Crippen LogP contribution in [-0.2, 0) is 16.6 Å². The number of amides is 2. The third-order valence-corrected chi connectivity index (χ3v) is 9.07. The van der Waals surface area contributed by atoms with Gasteiger partial charge >= 0.3 is 0 Å². The molecule has 2 aliphatic rings. The minimum absolute atomic E-state index is 0.0376. The van der Waals surface area contributed by atoms with Gasteiger partial charge < -0.3 is 14.5 Å². The van der Waals surface area contributed by atoms with Crippen LogP contribution in [0.1, 0.15) is 65.7 Å². The summed E-state index contributed by atoms with van der Waals surface area (Å²) in [5.41, 5.74) is 4.43. The lowest BCUT2D eigenvalue weighted by atomic mass is 9.86. The van der Waals surface area contributed by atoms with Crippen LogP contribution in [0, 0.1) is 0 Å². The normalized spacial score (nSPS) is 20.0. The zero-order chi connectivity index (χ0) is 27.7. The standard InChI is InChI=1S/C32H39N3O3S/c1-22-20-33(17-18-35(22)31(37)24-6-10-25(11-7-24)32(2,3)4)29(36)21-34-16-14-28-27(15-19-39-28)30(34)23-8-12-26(38-5)13-9-23/h6-13,15,19,22,30H,14,16-18,20-21H2,1-5H3. The smallest absolute Gasteiger partial charge is 0.254 e. The molecule has 7 heteroatoms. The Kier molecular flexibility index (Phi) is 7.83. The zero-order valence-electron chi connectivity index (χ0n) is 23.6. The van der Waals surface area contributed by atoms with Crippen molar-refractivity contribution in [3.05, 3.63) is 87.1 Å². The number of hydrogen-bond acceptors (Lipinski definition) is 5. The van der Waals surface area contributed by atoms with Gasteiger partial charge in [0.15, 0.2) is 0 Å². The van der Waals surface area contributed by atoms with Crippen LogP contribution < -0.4 is 4.74 Å². The fourth-order valence-corrected chi connectivity index (χ4v) is 6.66. The second-order valence-corrected chi connectivity index (χ2v) is 12.7. The van der Waals surface area contributed by atoms with Gasteiger partial charge in [-0.05, 0) is 71.2 Å². The van der Waals surface area contributed by atoms with Crippen LogP contribution in [0.3, 0.4) is 0 Å². The van der Waals surface area contributed by atoms with E-state index in [0.29, 0.717) is 31.7 Å². The maximum atomic E-state index is 13.6. The van der Waals surface area contributed by atoms with E-state index in [0.717, 1.165) is 18.7 Å². The highest BCUT2D eigenvalue weighted by molar-refractivity contribution is 7.10. The highest BCUT2D eigenvalue weighted by Gasteiger charge is 2.34. The number of thiophene rings is 1. The summed E-state index contributed by atoms with van der Waals surface area (Å²) in [6.45, 7) is 11.4. The molecule has 3 aromatic rings. The highest BCUT2D eigenvalue weighted by Crippen LogP contribution is 2.38. The van der Waals surface area contributed by atoms with Crippen LogP contribution in [0.4, 0.5) is 0 Å². The van der Waals surface area contributed by atoms with Crippen molar-refractivity contribution < 1.29 is 14.3 Å². The van der Waals surface area contributed by atoms with Gasteiger partial charge in [0.05, 0.1) is 19.7 Å². The second-order valence-electron chi connectivity index (χ2n) is 11.7. The van der Waals surface area contributed by atoms with Crippen molar-refractivity contribution in [2.75, 3.05) is 39.8 Å². The Labute approximate surface area is 236 Å². The van der Waals surface area contributed by atoms with E-state index in [2.05, 4.69) is 61.4 Å². The van der Waals surface area contributed by atoms with Gasteiger partial charge in [-0.25, -0.2) is 0 Å². The molecule has 0 radical (unpaired) electrons. The number of methoxy groups -OCH3 is 1. The number of fused-ring (bicyclic) bond motifs is 1. The highest BCUT2D eigenvalue weighted by atomic mass is 32.1. The van der Waals surface area contributed by atoms with Gasteiger partial charge in [0.1, 0.15) is 5.75 Å². The van der Waals surface area contributed by atoms with Crippen LogP contribution in [0.2, 0.25) is 0 Å². The van der Waals surface area contributed by atoms with Gasteiger partial charge in [-0.3, -0.25) is 14.5 Å². The molecule has 2 aliphatic heterocycles. The number of carbonyl (C=O) groups excluding carboxylic acids is 2. The number of nitrogens with zero attached hydrogens (tertiary/aromatic N) is 3.